The van der Waals surface area contributed by atoms with Gasteiger partial charge in [0.05, 0.1) is 18.1 Å². The van der Waals surface area contributed by atoms with Crippen LogP contribution in [0.3, 0.4) is 0 Å². The number of hydroxylamine groups is 1. The standard InChI is InChI=1S/C15H21N5O3/c1-10(15(22)19-11-4-2-3-5-11)18-13-9-16-12(8-17-13)6-7-14(21)20-23/h6-11,23H,2-5H2,1H3,(H,17,18)(H,19,22)(H,20,21)/t10-/m1/s1. The molecule has 1 aliphatic carbocycles. The number of hydrogen-bond donors (Lipinski definition) is 4. The van der Waals surface area contributed by atoms with Gasteiger partial charge in [0.15, 0.2) is 0 Å². The van der Waals surface area contributed by atoms with Crippen molar-refractivity contribution in [3.63, 3.8) is 0 Å². The SMILES string of the molecule is C[C@@H](Nc1cnc(C=CC(=O)NO)cn1)C(=O)NC1CCCC1. The molecule has 0 unspecified atom stereocenters. The summed E-state index contributed by atoms with van der Waals surface area (Å²) in [5, 5.41) is 14.4. The number of nitrogens with one attached hydrogen (secondary N) is 3. The molecule has 0 radical (unpaired) electrons. The van der Waals surface area contributed by atoms with Crippen molar-refractivity contribution >= 4 is 23.7 Å². The lowest BCUT2D eigenvalue weighted by atomic mass is 10.2. The third-order valence-corrected chi connectivity index (χ3v) is 3.65. The molecule has 1 aromatic heterocycles. The largest absolute Gasteiger partial charge is 0.357 e. The molecule has 0 aliphatic heterocycles. The van der Waals surface area contributed by atoms with Gasteiger partial charge >= 0.3 is 0 Å². The van der Waals surface area contributed by atoms with E-state index in [0.717, 1.165) is 18.9 Å². The van der Waals surface area contributed by atoms with E-state index >= 15 is 0 Å². The lowest BCUT2D eigenvalue weighted by molar-refractivity contribution is -0.124. The summed E-state index contributed by atoms with van der Waals surface area (Å²) >= 11 is 0. The highest BCUT2D eigenvalue weighted by atomic mass is 16.5. The number of carbonyl (C=O) groups excluding carboxylic acids is 2. The van der Waals surface area contributed by atoms with Gasteiger partial charge in [-0.25, -0.2) is 10.5 Å². The van der Waals surface area contributed by atoms with E-state index in [-0.39, 0.29) is 11.9 Å². The van der Waals surface area contributed by atoms with Crippen LogP contribution in [0.15, 0.2) is 18.5 Å². The molecule has 1 aromatic rings. The fraction of sp³-hybridized carbons (Fsp3) is 0.467. The number of nitrogens with zero attached hydrogens (tertiary/aromatic N) is 2. The van der Waals surface area contributed by atoms with Gasteiger partial charge in [-0.2, -0.15) is 0 Å². The van der Waals surface area contributed by atoms with Crippen LogP contribution >= 0.6 is 0 Å². The average molecular weight is 319 g/mol. The monoisotopic (exact) mass is 319 g/mol. The number of anilines is 1. The maximum absolute atomic E-state index is 12.1. The van der Waals surface area contributed by atoms with E-state index in [1.807, 2.05) is 0 Å². The average Bonchev–Trinajstić information content (AvgIpc) is 3.06. The summed E-state index contributed by atoms with van der Waals surface area (Å²) in [5.74, 6) is -0.226. The van der Waals surface area contributed by atoms with Crippen LogP contribution in [-0.2, 0) is 9.59 Å². The molecule has 2 rings (SSSR count). The molecule has 23 heavy (non-hydrogen) atoms. The fourth-order valence-corrected chi connectivity index (χ4v) is 2.38. The summed E-state index contributed by atoms with van der Waals surface area (Å²) < 4.78 is 0. The molecule has 1 atom stereocenters. The Labute approximate surface area is 134 Å². The van der Waals surface area contributed by atoms with Crippen molar-refractivity contribution < 1.29 is 14.8 Å². The van der Waals surface area contributed by atoms with Crippen LogP contribution in [0.4, 0.5) is 5.82 Å². The van der Waals surface area contributed by atoms with Crippen LogP contribution in [0.2, 0.25) is 0 Å². The van der Waals surface area contributed by atoms with Crippen LogP contribution in [0, 0.1) is 0 Å². The highest BCUT2D eigenvalue weighted by Crippen LogP contribution is 2.17. The minimum atomic E-state index is -0.647. The summed E-state index contributed by atoms with van der Waals surface area (Å²) in [6.07, 6.45) is 9.92. The van der Waals surface area contributed by atoms with Crippen molar-refractivity contribution in [3.8, 4) is 0 Å². The maximum atomic E-state index is 12.1. The minimum absolute atomic E-state index is 0.0534. The number of carbonyl (C=O) groups is 2. The van der Waals surface area contributed by atoms with Crippen LogP contribution in [0.1, 0.15) is 38.3 Å². The van der Waals surface area contributed by atoms with E-state index in [2.05, 4.69) is 20.6 Å². The van der Waals surface area contributed by atoms with Crippen LogP contribution in [-0.4, -0.2) is 39.1 Å². The zero-order valence-electron chi connectivity index (χ0n) is 13.0. The number of hydrogen-bond acceptors (Lipinski definition) is 6. The molecule has 2 amide bonds. The van der Waals surface area contributed by atoms with Crippen molar-refractivity contribution in [1.29, 1.82) is 0 Å². The molecule has 0 spiro atoms. The van der Waals surface area contributed by atoms with Gasteiger partial charge in [0, 0.05) is 12.1 Å². The van der Waals surface area contributed by atoms with Gasteiger partial charge in [-0.15, -0.1) is 0 Å². The Morgan fingerprint density at radius 2 is 2.04 bits per heavy atom. The predicted molar refractivity (Wildman–Crippen MR) is 84.5 cm³/mol. The van der Waals surface area contributed by atoms with Crippen molar-refractivity contribution in [3.05, 3.63) is 24.2 Å². The lowest BCUT2D eigenvalue weighted by Gasteiger charge is -2.17. The van der Waals surface area contributed by atoms with Crippen LogP contribution in [0.5, 0.6) is 0 Å². The predicted octanol–water partition coefficient (Wildman–Crippen LogP) is 0.854. The molecule has 1 fully saturated rings. The Morgan fingerprint density at radius 1 is 1.30 bits per heavy atom. The van der Waals surface area contributed by atoms with Gasteiger partial charge in [0.1, 0.15) is 11.9 Å². The van der Waals surface area contributed by atoms with E-state index in [1.54, 1.807) is 6.92 Å². The first-order valence-corrected chi connectivity index (χ1v) is 7.59. The van der Waals surface area contributed by atoms with Crippen LogP contribution in [0.25, 0.3) is 6.08 Å². The topological polar surface area (TPSA) is 116 Å². The van der Waals surface area contributed by atoms with Gasteiger partial charge in [-0.1, -0.05) is 12.8 Å². The van der Waals surface area contributed by atoms with E-state index in [1.165, 1.54) is 36.8 Å². The molecule has 8 nitrogen and oxygen atoms in total. The number of aromatic nitrogens is 2. The van der Waals surface area contributed by atoms with E-state index in [0.29, 0.717) is 11.5 Å². The van der Waals surface area contributed by atoms with Crippen molar-refractivity contribution in [2.45, 2.75) is 44.7 Å². The summed E-state index contributed by atoms with van der Waals surface area (Å²) in [4.78, 5) is 31.2. The smallest absolute Gasteiger partial charge is 0.267 e. The first-order chi connectivity index (χ1) is 11.1. The molecule has 8 heteroatoms. The van der Waals surface area contributed by atoms with Gasteiger partial charge in [-0.3, -0.25) is 19.8 Å². The van der Waals surface area contributed by atoms with Gasteiger partial charge in [0.25, 0.3) is 5.91 Å². The molecular weight excluding hydrogens is 298 g/mol. The normalized spacial score (nSPS) is 16.3. The molecule has 0 aromatic carbocycles. The van der Waals surface area contributed by atoms with Gasteiger partial charge in [-0.05, 0) is 25.8 Å². The summed E-state index contributed by atoms with van der Waals surface area (Å²) in [6.45, 7) is 1.77. The molecule has 4 N–H and O–H groups in total. The third-order valence-electron chi connectivity index (χ3n) is 3.65. The maximum Gasteiger partial charge on any atom is 0.267 e. The quantitative estimate of drug-likeness (QED) is 0.351. The molecular formula is C15H21N5O3. The van der Waals surface area contributed by atoms with Crippen molar-refractivity contribution in [2.75, 3.05) is 5.32 Å². The first kappa shape index (κ1) is 16.9. The number of amides is 2. The highest BCUT2D eigenvalue weighted by molar-refractivity contribution is 5.90. The fourth-order valence-electron chi connectivity index (χ4n) is 2.38. The summed E-state index contributed by atoms with van der Waals surface area (Å²) in [7, 11) is 0. The zero-order chi connectivity index (χ0) is 16.7. The Morgan fingerprint density at radius 3 is 2.65 bits per heavy atom. The van der Waals surface area contributed by atoms with Gasteiger partial charge < -0.3 is 10.6 Å². The van der Waals surface area contributed by atoms with Crippen molar-refractivity contribution in [2.24, 2.45) is 0 Å². The summed E-state index contributed by atoms with van der Waals surface area (Å²) in [6, 6.07) is -0.130. The minimum Gasteiger partial charge on any atom is -0.357 e. The molecule has 0 bridgehead atoms. The second-order valence-electron chi connectivity index (χ2n) is 5.49. The zero-order valence-corrected chi connectivity index (χ0v) is 13.0. The van der Waals surface area contributed by atoms with Crippen LogP contribution < -0.4 is 16.1 Å². The Bertz CT molecular complexity index is 567. The number of rotatable bonds is 6. The van der Waals surface area contributed by atoms with E-state index < -0.39 is 11.9 Å². The molecule has 1 heterocycles. The molecule has 1 saturated carbocycles. The second-order valence-corrected chi connectivity index (χ2v) is 5.49. The van der Waals surface area contributed by atoms with Crippen molar-refractivity contribution in [1.82, 2.24) is 20.8 Å². The Kier molecular flexibility index (Phi) is 6.04. The molecule has 0 saturated heterocycles. The Hall–Kier alpha value is -2.48. The summed E-state index contributed by atoms with van der Waals surface area (Å²) in [5.41, 5.74) is 1.94. The lowest BCUT2D eigenvalue weighted by Crippen LogP contribution is -2.42. The van der Waals surface area contributed by atoms with E-state index in [4.69, 9.17) is 5.21 Å². The second kappa shape index (κ2) is 8.23. The van der Waals surface area contributed by atoms with E-state index in [9.17, 15) is 9.59 Å². The third kappa shape index (κ3) is 5.33. The molecule has 124 valence electrons. The Balaban J connectivity index is 1.85. The molecule has 1 aliphatic rings. The van der Waals surface area contributed by atoms with Gasteiger partial charge in [0.2, 0.25) is 5.91 Å². The highest BCUT2D eigenvalue weighted by Gasteiger charge is 2.20. The first-order valence-electron chi connectivity index (χ1n) is 7.59.